The summed E-state index contributed by atoms with van der Waals surface area (Å²) >= 11 is 19.3. The van der Waals surface area contributed by atoms with Gasteiger partial charge in [0.15, 0.2) is 5.17 Å². The largest absolute Gasteiger partial charge is 0.455 e. The number of benzene rings is 2. The molecule has 5 nitrogen and oxygen atoms in total. The molecule has 3 aromatic rings. The molecule has 0 saturated carbocycles. The van der Waals surface area contributed by atoms with Crippen molar-refractivity contribution in [2.45, 2.75) is 11.7 Å². The van der Waals surface area contributed by atoms with Crippen molar-refractivity contribution >= 4 is 63.9 Å². The summed E-state index contributed by atoms with van der Waals surface area (Å²) in [7, 11) is 0. The Morgan fingerprint density at radius 2 is 1.80 bits per heavy atom. The fourth-order valence-electron chi connectivity index (χ4n) is 2.80. The molecule has 1 fully saturated rings. The molecule has 2 heterocycles. The van der Waals surface area contributed by atoms with E-state index in [1.165, 1.54) is 18.0 Å². The lowest BCUT2D eigenvalue weighted by atomic mass is 10.1. The molecule has 1 aliphatic heterocycles. The minimum absolute atomic E-state index is 0.136. The molecule has 9 heteroatoms. The highest BCUT2D eigenvalue weighted by atomic mass is 35.5. The molecule has 0 radical (unpaired) electrons. The maximum Gasteiger partial charge on any atom is 0.239 e. The van der Waals surface area contributed by atoms with Crippen LogP contribution in [0.25, 0.3) is 11.3 Å². The molecule has 1 unspecified atom stereocenters. The van der Waals surface area contributed by atoms with Crippen molar-refractivity contribution in [1.82, 2.24) is 5.32 Å². The van der Waals surface area contributed by atoms with Crippen LogP contribution in [0.3, 0.4) is 0 Å². The predicted molar refractivity (Wildman–Crippen MR) is 124 cm³/mol. The minimum atomic E-state index is -0.335. The number of thioether (sulfide) groups is 1. The summed E-state index contributed by atoms with van der Waals surface area (Å²) in [5, 5.41) is 12.7. The van der Waals surface area contributed by atoms with Crippen molar-refractivity contribution in [2.75, 3.05) is 0 Å². The van der Waals surface area contributed by atoms with E-state index in [0.717, 1.165) is 11.1 Å². The van der Waals surface area contributed by atoms with Gasteiger partial charge in [0.1, 0.15) is 11.5 Å². The van der Waals surface area contributed by atoms with Gasteiger partial charge < -0.3 is 9.73 Å². The van der Waals surface area contributed by atoms with Crippen LogP contribution in [0.2, 0.25) is 15.1 Å². The maximum absolute atomic E-state index is 12.2. The summed E-state index contributed by atoms with van der Waals surface area (Å²) in [4.78, 5) is 12.2. The Bertz CT molecular complexity index is 1140. The van der Waals surface area contributed by atoms with Crippen LogP contribution >= 0.6 is 46.6 Å². The topological polar surface area (TPSA) is 67.0 Å². The molecule has 0 spiro atoms. The van der Waals surface area contributed by atoms with Crippen molar-refractivity contribution in [1.29, 1.82) is 0 Å². The fourth-order valence-corrected chi connectivity index (χ4v) is 4.37. The molecule has 1 amide bonds. The summed E-state index contributed by atoms with van der Waals surface area (Å²) in [5.74, 6) is 1.11. The van der Waals surface area contributed by atoms with Gasteiger partial charge in [0.25, 0.3) is 0 Å². The van der Waals surface area contributed by atoms with Crippen LogP contribution in [0.4, 0.5) is 0 Å². The van der Waals surface area contributed by atoms with Crippen LogP contribution in [0.1, 0.15) is 11.3 Å². The molecule has 2 aromatic carbocycles. The second-order valence-electron chi connectivity index (χ2n) is 6.39. The van der Waals surface area contributed by atoms with Crippen molar-refractivity contribution in [3.8, 4) is 11.3 Å². The molecule has 0 bridgehead atoms. The summed E-state index contributed by atoms with van der Waals surface area (Å²) in [6, 6.07) is 16.2. The van der Waals surface area contributed by atoms with Gasteiger partial charge in [0.2, 0.25) is 5.91 Å². The van der Waals surface area contributed by atoms with Crippen LogP contribution in [0.15, 0.2) is 69.2 Å². The molecular weight excluding hydrogens is 465 g/mol. The highest BCUT2D eigenvalue weighted by Crippen LogP contribution is 2.28. The number of carbonyl (C=O) groups excluding carboxylic acids is 1. The Hall–Kier alpha value is -2.25. The number of nitrogens with one attached hydrogen (secondary N) is 1. The molecule has 0 aliphatic carbocycles. The van der Waals surface area contributed by atoms with Crippen molar-refractivity contribution in [2.24, 2.45) is 10.2 Å². The Balaban J connectivity index is 1.39. The van der Waals surface area contributed by atoms with E-state index < -0.39 is 0 Å². The van der Waals surface area contributed by atoms with Gasteiger partial charge in [-0.05, 0) is 60.5 Å². The molecule has 1 atom stereocenters. The average molecular weight is 479 g/mol. The number of nitrogens with zero attached hydrogens (tertiary/aromatic N) is 2. The van der Waals surface area contributed by atoms with Gasteiger partial charge in [-0.3, -0.25) is 4.79 Å². The third kappa shape index (κ3) is 5.08. The minimum Gasteiger partial charge on any atom is -0.455 e. The highest BCUT2D eigenvalue weighted by Gasteiger charge is 2.31. The predicted octanol–water partition coefficient (Wildman–Crippen LogP) is 6.07. The Morgan fingerprint density at radius 1 is 1.03 bits per heavy atom. The number of hydrogen-bond acceptors (Lipinski definition) is 5. The molecule has 4 rings (SSSR count). The molecule has 30 heavy (non-hydrogen) atoms. The van der Waals surface area contributed by atoms with E-state index in [1.54, 1.807) is 30.3 Å². The summed E-state index contributed by atoms with van der Waals surface area (Å²) < 4.78 is 5.74. The smallest absolute Gasteiger partial charge is 0.239 e. The van der Waals surface area contributed by atoms with Gasteiger partial charge in [-0.15, -0.1) is 5.10 Å². The van der Waals surface area contributed by atoms with Crippen molar-refractivity contribution in [3.63, 3.8) is 0 Å². The van der Waals surface area contributed by atoms with Gasteiger partial charge in [0.05, 0.1) is 11.5 Å². The second kappa shape index (κ2) is 9.27. The monoisotopic (exact) mass is 477 g/mol. The summed E-state index contributed by atoms with van der Waals surface area (Å²) in [5.41, 5.74) is 1.76. The first kappa shape index (κ1) is 21.0. The first-order valence-electron chi connectivity index (χ1n) is 8.86. The number of amidine groups is 1. The normalized spacial score (nSPS) is 17.8. The number of furan rings is 1. The zero-order valence-corrected chi connectivity index (χ0v) is 18.4. The number of halogens is 3. The highest BCUT2D eigenvalue weighted by molar-refractivity contribution is 8.15. The van der Waals surface area contributed by atoms with Gasteiger partial charge in [-0.25, -0.2) is 0 Å². The molecule has 1 N–H and O–H groups in total. The van der Waals surface area contributed by atoms with Crippen LogP contribution < -0.4 is 5.32 Å². The number of rotatable bonds is 5. The van der Waals surface area contributed by atoms with E-state index in [-0.39, 0.29) is 11.2 Å². The molecular formula is C21H14Cl3N3O2S. The average Bonchev–Trinajstić information content (AvgIpc) is 3.32. The first-order chi connectivity index (χ1) is 14.5. The number of hydrogen-bond donors (Lipinski definition) is 1. The maximum atomic E-state index is 12.2. The van der Waals surface area contributed by atoms with Gasteiger partial charge in [-0.1, -0.05) is 52.6 Å². The van der Waals surface area contributed by atoms with Crippen LogP contribution in [0.5, 0.6) is 0 Å². The molecule has 1 saturated heterocycles. The Kier molecular flexibility index (Phi) is 6.49. The Labute approximate surface area is 192 Å². The second-order valence-corrected chi connectivity index (χ2v) is 8.87. The lowest BCUT2D eigenvalue weighted by Gasteiger charge is -2.07. The van der Waals surface area contributed by atoms with E-state index in [1.807, 2.05) is 24.3 Å². The van der Waals surface area contributed by atoms with Gasteiger partial charge in [-0.2, -0.15) is 5.10 Å². The van der Waals surface area contributed by atoms with Crippen LogP contribution in [-0.2, 0) is 11.2 Å². The molecule has 1 aliphatic rings. The van der Waals surface area contributed by atoms with Gasteiger partial charge >= 0.3 is 0 Å². The number of amides is 1. The molecule has 152 valence electrons. The van der Waals surface area contributed by atoms with Crippen LogP contribution in [-0.4, -0.2) is 22.5 Å². The molecule has 1 aromatic heterocycles. The van der Waals surface area contributed by atoms with E-state index in [4.69, 9.17) is 39.2 Å². The lowest BCUT2D eigenvalue weighted by Crippen LogP contribution is -2.26. The Morgan fingerprint density at radius 3 is 2.57 bits per heavy atom. The number of carbonyl (C=O) groups is 1. The fraction of sp³-hybridized carbons (Fsp3) is 0.0952. The third-order valence-corrected chi connectivity index (χ3v) is 6.20. The first-order valence-corrected chi connectivity index (χ1v) is 10.9. The van der Waals surface area contributed by atoms with Gasteiger partial charge in [0, 0.05) is 20.6 Å². The quantitative estimate of drug-likeness (QED) is 0.357. The zero-order chi connectivity index (χ0) is 21.1. The lowest BCUT2D eigenvalue weighted by molar-refractivity contribution is -0.118. The zero-order valence-electron chi connectivity index (χ0n) is 15.3. The van der Waals surface area contributed by atoms with E-state index >= 15 is 0 Å². The van der Waals surface area contributed by atoms with E-state index in [9.17, 15) is 4.79 Å². The van der Waals surface area contributed by atoms with Crippen molar-refractivity contribution in [3.05, 3.63) is 81.0 Å². The van der Waals surface area contributed by atoms with E-state index in [2.05, 4.69) is 15.5 Å². The van der Waals surface area contributed by atoms with Crippen molar-refractivity contribution < 1.29 is 9.21 Å². The van der Waals surface area contributed by atoms with Crippen LogP contribution in [0, 0.1) is 0 Å². The summed E-state index contributed by atoms with van der Waals surface area (Å²) in [6.45, 7) is 0. The van der Waals surface area contributed by atoms with E-state index in [0.29, 0.717) is 38.2 Å². The third-order valence-electron chi connectivity index (χ3n) is 4.29. The SMILES string of the molecule is O=C1N/C(=N\N=C\c2ccc(-c3ccc(Cl)cc3)o2)SC1Cc1ccc(Cl)cc1Cl. The standard InChI is InChI=1S/C21H14Cl3N3O2S/c22-14-4-1-12(2-5-14)18-8-7-16(29-18)11-25-27-21-26-20(28)19(30-21)9-13-3-6-15(23)10-17(13)24/h1-8,10-11,19H,9H2,(H,26,27,28)/b25-11+. The summed E-state index contributed by atoms with van der Waals surface area (Å²) in [6.07, 6.45) is 1.96.